The molecule has 3 aliphatic rings. The smallest absolute Gasteiger partial charge is 0.269 e. The minimum absolute atomic E-state index is 0.0795. The zero-order valence-electron chi connectivity index (χ0n) is 12.6. The van der Waals surface area contributed by atoms with E-state index in [1.165, 1.54) is 11.1 Å². The Hall–Kier alpha value is -1.88. The van der Waals surface area contributed by atoms with Gasteiger partial charge in [0, 0.05) is 13.0 Å². The number of amides is 1. The molecule has 0 bridgehead atoms. The Bertz CT molecular complexity index is 620. The number of oxime groups is 1. The van der Waals surface area contributed by atoms with Gasteiger partial charge >= 0.3 is 0 Å². The van der Waals surface area contributed by atoms with Crippen LogP contribution >= 0.6 is 0 Å². The van der Waals surface area contributed by atoms with Crippen LogP contribution in [0, 0.1) is 0 Å². The monoisotopic (exact) mass is 299 g/mol. The fourth-order valence-corrected chi connectivity index (χ4v) is 3.76. The van der Waals surface area contributed by atoms with Gasteiger partial charge in [-0.1, -0.05) is 29.4 Å². The fraction of sp³-hybridized carbons (Fsp3) is 0.529. The van der Waals surface area contributed by atoms with Crippen molar-refractivity contribution >= 4 is 11.6 Å². The number of nitrogens with zero attached hydrogens (tertiary/aromatic N) is 1. The van der Waals surface area contributed by atoms with Gasteiger partial charge in [0.25, 0.3) is 5.91 Å². The van der Waals surface area contributed by atoms with E-state index in [1.807, 2.05) is 6.07 Å². The number of rotatable bonds is 2. The lowest BCUT2D eigenvalue weighted by molar-refractivity contribution is -0.115. The Labute approximate surface area is 130 Å². The van der Waals surface area contributed by atoms with Gasteiger partial charge < -0.3 is 15.5 Å². The third-order valence-corrected chi connectivity index (χ3v) is 4.97. The standard InChI is InChI=1S/C17H21N3O2/c21-16(15-10-17(22-20-15)8-3-9-18-11-17)19-14-7-6-12-4-1-2-5-13(12)14/h1-2,4-5,14,18H,3,6-11H2,(H,19,21)/t14-,17?/m1/s1. The molecular weight excluding hydrogens is 278 g/mol. The molecule has 2 N–H and O–H groups in total. The first kappa shape index (κ1) is 13.8. The van der Waals surface area contributed by atoms with E-state index in [0.717, 1.165) is 38.8 Å². The highest BCUT2D eigenvalue weighted by Crippen LogP contribution is 2.33. The molecule has 1 amide bonds. The molecular formula is C17H21N3O2. The maximum atomic E-state index is 12.5. The van der Waals surface area contributed by atoms with Gasteiger partial charge in [-0.25, -0.2) is 0 Å². The van der Waals surface area contributed by atoms with Gasteiger partial charge in [0.1, 0.15) is 5.71 Å². The van der Waals surface area contributed by atoms with E-state index in [2.05, 4.69) is 34.0 Å². The molecule has 4 rings (SSSR count). The highest BCUT2D eigenvalue weighted by atomic mass is 16.7. The molecule has 1 unspecified atom stereocenters. The molecule has 22 heavy (non-hydrogen) atoms. The maximum Gasteiger partial charge on any atom is 0.269 e. The molecule has 1 fully saturated rings. The lowest BCUT2D eigenvalue weighted by Gasteiger charge is -2.30. The average molecular weight is 299 g/mol. The molecule has 2 aliphatic heterocycles. The Morgan fingerprint density at radius 1 is 1.41 bits per heavy atom. The summed E-state index contributed by atoms with van der Waals surface area (Å²) in [5.74, 6) is -0.0795. The van der Waals surface area contributed by atoms with Crippen LogP contribution in [0.3, 0.4) is 0 Å². The van der Waals surface area contributed by atoms with Crippen molar-refractivity contribution in [3.8, 4) is 0 Å². The molecule has 5 heteroatoms. The molecule has 0 radical (unpaired) electrons. The minimum Gasteiger partial charge on any atom is -0.387 e. The average Bonchev–Trinajstić information content (AvgIpc) is 3.14. The number of piperidine rings is 1. The molecule has 5 nitrogen and oxygen atoms in total. The van der Waals surface area contributed by atoms with Crippen LogP contribution in [0.4, 0.5) is 0 Å². The number of carbonyl (C=O) groups is 1. The number of hydrogen-bond donors (Lipinski definition) is 2. The van der Waals surface area contributed by atoms with Crippen LogP contribution in [0.25, 0.3) is 0 Å². The van der Waals surface area contributed by atoms with Gasteiger partial charge in [-0.2, -0.15) is 0 Å². The second-order valence-corrected chi connectivity index (χ2v) is 6.53. The van der Waals surface area contributed by atoms with Gasteiger partial charge in [-0.05, 0) is 43.4 Å². The van der Waals surface area contributed by atoms with Gasteiger partial charge in [0.05, 0.1) is 6.04 Å². The minimum atomic E-state index is -0.293. The largest absolute Gasteiger partial charge is 0.387 e. The summed E-state index contributed by atoms with van der Waals surface area (Å²) in [5, 5.41) is 10.5. The summed E-state index contributed by atoms with van der Waals surface area (Å²) in [7, 11) is 0. The molecule has 2 heterocycles. The summed E-state index contributed by atoms with van der Waals surface area (Å²) < 4.78 is 0. The molecule has 2 atom stereocenters. The topological polar surface area (TPSA) is 62.7 Å². The molecule has 1 aliphatic carbocycles. The first-order chi connectivity index (χ1) is 10.8. The fourth-order valence-electron chi connectivity index (χ4n) is 3.76. The van der Waals surface area contributed by atoms with Gasteiger partial charge in [-0.3, -0.25) is 4.79 Å². The number of aryl methyl sites for hydroxylation is 1. The van der Waals surface area contributed by atoms with E-state index in [0.29, 0.717) is 12.1 Å². The van der Waals surface area contributed by atoms with Gasteiger partial charge in [0.2, 0.25) is 0 Å². The second-order valence-electron chi connectivity index (χ2n) is 6.53. The number of fused-ring (bicyclic) bond motifs is 1. The van der Waals surface area contributed by atoms with Gasteiger partial charge in [0.15, 0.2) is 5.60 Å². The first-order valence-electron chi connectivity index (χ1n) is 8.10. The highest BCUT2D eigenvalue weighted by Gasteiger charge is 2.42. The van der Waals surface area contributed by atoms with Crippen LogP contribution in [0.15, 0.2) is 29.4 Å². The Balaban J connectivity index is 1.42. The van der Waals surface area contributed by atoms with Crippen molar-refractivity contribution < 1.29 is 9.63 Å². The van der Waals surface area contributed by atoms with Crippen molar-refractivity contribution in [3.63, 3.8) is 0 Å². The van der Waals surface area contributed by atoms with Crippen molar-refractivity contribution in [1.29, 1.82) is 0 Å². The normalized spacial score (nSPS) is 29.8. The summed E-state index contributed by atoms with van der Waals surface area (Å²) in [5.41, 5.74) is 2.82. The van der Waals surface area contributed by atoms with Crippen molar-refractivity contribution in [3.05, 3.63) is 35.4 Å². The SMILES string of the molecule is O=C(N[C@@H]1CCc2ccccc21)C1=NOC2(CCCNC2)C1. The summed E-state index contributed by atoms with van der Waals surface area (Å²) in [6, 6.07) is 8.43. The summed E-state index contributed by atoms with van der Waals surface area (Å²) in [6.45, 7) is 1.80. The lowest BCUT2D eigenvalue weighted by atomic mass is 9.89. The Morgan fingerprint density at radius 3 is 3.18 bits per heavy atom. The van der Waals surface area contributed by atoms with Crippen LogP contribution in [-0.4, -0.2) is 30.3 Å². The first-order valence-corrected chi connectivity index (χ1v) is 8.10. The number of hydrogen-bond acceptors (Lipinski definition) is 4. The lowest BCUT2D eigenvalue weighted by Crippen LogP contribution is -2.46. The molecule has 1 spiro atoms. The van der Waals surface area contributed by atoms with Gasteiger partial charge in [-0.15, -0.1) is 0 Å². The molecule has 116 valence electrons. The third-order valence-electron chi connectivity index (χ3n) is 4.97. The van der Waals surface area contributed by atoms with Crippen molar-refractivity contribution in [2.75, 3.05) is 13.1 Å². The summed E-state index contributed by atoms with van der Waals surface area (Å²) >= 11 is 0. The number of carbonyl (C=O) groups excluding carboxylic acids is 1. The zero-order valence-corrected chi connectivity index (χ0v) is 12.6. The Kier molecular flexibility index (Phi) is 3.37. The molecule has 1 aromatic carbocycles. The van der Waals surface area contributed by atoms with E-state index in [9.17, 15) is 4.79 Å². The van der Waals surface area contributed by atoms with Crippen LogP contribution in [-0.2, 0) is 16.1 Å². The van der Waals surface area contributed by atoms with Crippen molar-refractivity contribution in [1.82, 2.24) is 10.6 Å². The zero-order chi connectivity index (χ0) is 15.0. The van der Waals surface area contributed by atoms with Crippen LogP contribution in [0.5, 0.6) is 0 Å². The molecule has 0 saturated carbocycles. The van der Waals surface area contributed by atoms with E-state index < -0.39 is 0 Å². The van der Waals surface area contributed by atoms with E-state index in [4.69, 9.17) is 4.84 Å². The van der Waals surface area contributed by atoms with Crippen LogP contribution < -0.4 is 10.6 Å². The van der Waals surface area contributed by atoms with Crippen molar-refractivity contribution in [2.24, 2.45) is 5.16 Å². The highest BCUT2D eigenvalue weighted by molar-refractivity contribution is 6.39. The maximum absolute atomic E-state index is 12.5. The number of benzene rings is 1. The van der Waals surface area contributed by atoms with Crippen molar-refractivity contribution in [2.45, 2.75) is 43.7 Å². The molecule has 1 aromatic rings. The Morgan fingerprint density at radius 2 is 2.32 bits per heavy atom. The van der Waals surface area contributed by atoms with E-state index >= 15 is 0 Å². The van der Waals surface area contributed by atoms with E-state index in [1.54, 1.807) is 0 Å². The van der Waals surface area contributed by atoms with Crippen LogP contribution in [0.1, 0.15) is 42.9 Å². The quantitative estimate of drug-likeness (QED) is 0.873. The van der Waals surface area contributed by atoms with Crippen LogP contribution in [0.2, 0.25) is 0 Å². The predicted molar refractivity (Wildman–Crippen MR) is 83.6 cm³/mol. The summed E-state index contributed by atoms with van der Waals surface area (Å²) in [4.78, 5) is 18.1. The number of nitrogens with one attached hydrogen (secondary N) is 2. The van der Waals surface area contributed by atoms with E-state index in [-0.39, 0.29) is 17.6 Å². The third kappa shape index (κ3) is 2.39. The second kappa shape index (κ2) is 5.39. The predicted octanol–water partition coefficient (Wildman–Crippen LogP) is 1.69. The molecule has 1 saturated heterocycles. The molecule has 0 aromatic heterocycles. The summed E-state index contributed by atoms with van der Waals surface area (Å²) in [6.07, 6.45) is 4.64.